The van der Waals surface area contributed by atoms with Gasteiger partial charge in [0.25, 0.3) is 5.91 Å². The van der Waals surface area contributed by atoms with Crippen molar-refractivity contribution in [2.24, 2.45) is 0 Å². The number of benzene rings is 1. The maximum absolute atomic E-state index is 12.1. The Morgan fingerprint density at radius 2 is 2.00 bits per heavy atom. The highest BCUT2D eigenvalue weighted by Gasteiger charge is 2.12. The number of nitrogens with two attached hydrogens (primary N) is 1. The van der Waals surface area contributed by atoms with Crippen LogP contribution in [0.25, 0.3) is 0 Å². The van der Waals surface area contributed by atoms with Crippen molar-refractivity contribution in [3.8, 4) is 0 Å². The fourth-order valence-electron chi connectivity index (χ4n) is 1.99. The van der Waals surface area contributed by atoms with Gasteiger partial charge in [-0.15, -0.1) is 16.8 Å². The minimum absolute atomic E-state index is 0.0902. The molecular weight excluding hydrogens is 340 g/mol. The average molecular weight is 360 g/mol. The predicted octanol–water partition coefficient (Wildman–Crippen LogP) is 1.48. The SMILES string of the molecule is C=CCn1c(N)nnc1SCC(=O)Nc1ccc(C(=O)N(C)C)cc1. The molecular formula is C16H20N6O2S. The lowest BCUT2D eigenvalue weighted by Gasteiger charge is -2.11. The van der Waals surface area contributed by atoms with Gasteiger partial charge in [-0.3, -0.25) is 14.2 Å². The minimum atomic E-state index is -0.191. The molecule has 0 spiro atoms. The van der Waals surface area contributed by atoms with Gasteiger partial charge in [0.05, 0.1) is 5.75 Å². The maximum atomic E-state index is 12.1. The van der Waals surface area contributed by atoms with Crippen LogP contribution in [0.4, 0.5) is 11.6 Å². The second kappa shape index (κ2) is 8.34. The van der Waals surface area contributed by atoms with Crippen molar-refractivity contribution in [1.82, 2.24) is 19.7 Å². The van der Waals surface area contributed by atoms with Crippen LogP contribution in [0, 0.1) is 0 Å². The molecule has 25 heavy (non-hydrogen) atoms. The van der Waals surface area contributed by atoms with Gasteiger partial charge in [0, 0.05) is 31.9 Å². The van der Waals surface area contributed by atoms with Crippen LogP contribution < -0.4 is 11.1 Å². The maximum Gasteiger partial charge on any atom is 0.253 e. The van der Waals surface area contributed by atoms with Crippen LogP contribution in [0.3, 0.4) is 0 Å². The van der Waals surface area contributed by atoms with Gasteiger partial charge in [-0.1, -0.05) is 17.8 Å². The van der Waals surface area contributed by atoms with Gasteiger partial charge >= 0.3 is 0 Å². The molecule has 8 nitrogen and oxygen atoms in total. The Labute approximate surface area is 150 Å². The fourth-order valence-corrected chi connectivity index (χ4v) is 2.74. The fraction of sp³-hybridized carbons (Fsp3) is 0.250. The molecule has 2 amide bonds. The lowest BCUT2D eigenvalue weighted by atomic mass is 10.2. The molecule has 2 rings (SSSR count). The molecule has 3 N–H and O–H groups in total. The summed E-state index contributed by atoms with van der Waals surface area (Å²) in [5.41, 5.74) is 6.89. The lowest BCUT2D eigenvalue weighted by Crippen LogP contribution is -2.21. The van der Waals surface area contributed by atoms with E-state index in [2.05, 4.69) is 22.1 Å². The van der Waals surface area contributed by atoms with Crippen LogP contribution in [0.2, 0.25) is 0 Å². The highest BCUT2D eigenvalue weighted by Crippen LogP contribution is 2.19. The molecule has 1 aromatic carbocycles. The van der Waals surface area contributed by atoms with E-state index in [1.165, 1.54) is 16.7 Å². The molecule has 0 saturated heterocycles. The van der Waals surface area contributed by atoms with Crippen LogP contribution in [0.1, 0.15) is 10.4 Å². The van der Waals surface area contributed by atoms with Gasteiger partial charge < -0.3 is 16.0 Å². The Bertz CT molecular complexity index is 769. The van der Waals surface area contributed by atoms with E-state index in [1.807, 2.05) is 0 Å². The second-order valence-corrected chi connectivity index (χ2v) is 6.30. The molecule has 0 atom stereocenters. The molecule has 0 aliphatic carbocycles. The molecule has 1 aromatic heterocycles. The number of allylic oxidation sites excluding steroid dienone is 1. The van der Waals surface area contributed by atoms with Crippen LogP contribution in [-0.4, -0.2) is 51.3 Å². The number of carbonyl (C=O) groups excluding carboxylic acids is 2. The average Bonchev–Trinajstić information content (AvgIpc) is 2.93. The van der Waals surface area contributed by atoms with E-state index in [-0.39, 0.29) is 23.5 Å². The van der Waals surface area contributed by atoms with E-state index in [9.17, 15) is 9.59 Å². The molecule has 9 heteroatoms. The van der Waals surface area contributed by atoms with E-state index in [4.69, 9.17) is 5.73 Å². The Morgan fingerprint density at radius 3 is 2.60 bits per heavy atom. The van der Waals surface area contributed by atoms with E-state index in [0.717, 1.165) is 0 Å². The number of rotatable bonds is 7. The Hall–Kier alpha value is -2.81. The minimum Gasteiger partial charge on any atom is -0.368 e. The molecule has 0 aliphatic heterocycles. The van der Waals surface area contributed by atoms with Crippen molar-refractivity contribution in [2.75, 3.05) is 30.9 Å². The first-order valence-corrected chi connectivity index (χ1v) is 8.45. The number of aromatic nitrogens is 3. The number of thioether (sulfide) groups is 1. The summed E-state index contributed by atoms with van der Waals surface area (Å²) in [5, 5.41) is 11.1. The number of nitrogens with one attached hydrogen (secondary N) is 1. The quantitative estimate of drug-likeness (QED) is 0.572. The molecule has 0 unspecified atom stereocenters. The molecule has 0 fully saturated rings. The summed E-state index contributed by atoms with van der Waals surface area (Å²) >= 11 is 1.24. The predicted molar refractivity (Wildman–Crippen MR) is 98.4 cm³/mol. The van der Waals surface area contributed by atoms with Crippen LogP contribution in [0.15, 0.2) is 42.1 Å². The zero-order valence-electron chi connectivity index (χ0n) is 14.1. The Morgan fingerprint density at radius 1 is 1.32 bits per heavy atom. The first-order valence-electron chi connectivity index (χ1n) is 7.46. The topological polar surface area (TPSA) is 106 Å². The van der Waals surface area contributed by atoms with Gasteiger partial charge in [-0.25, -0.2) is 0 Å². The van der Waals surface area contributed by atoms with Crippen molar-refractivity contribution in [2.45, 2.75) is 11.7 Å². The molecule has 2 aromatic rings. The van der Waals surface area contributed by atoms with E-state index < -0.39 is 0 Å². The van der Waals surface area contributed by atoms with Gasteiger partial charge in [-0.05, 0) is 24.3 Å². The number of anilines is 2. The molecule has 0 bridgehead atoms. The summed E-state index contributed by atoms with van der Waals surface area (Å²) in [6.07, 6.45) is 1.68. The van der Waals surface area contributed by atoms with Crippen molar-refractivity contribution < 1.29 is 9.59 Å². The Kier molecular flexibility index (Phi) is 6.18. The third kappa shape index (κ3) is 4.83. The van der Waals surface area contributed by atoms with Gasteiger partial charge in [0.15, 0.2) is 5.16 Å². The van der Waals surface area contributed by atoms with Gasteiger partial charge in [0.1, 0.15) is 0 Å². The monoisotopic (exact) mass is 360 g/mol. The highest BCUT2D eigenvalue weighted by molar-refractivity contribution is 7.99. The van der Waals surface area contributed by atoms with Gasteiger partial charge in [-0.2, -0.15) is 0 Å². The standard InChI is InChI=1S/C16H20N6O2S/c1-4-9-22-15(17)19-20-16(22)25-10-13(23)18-12-7-5-11(6-8-12)14(24)21(2)3/h4-8H,1,9-10H2,2-3H3,(H2,17,19)(H,18,23). The number of nitrogens with zero attached hydrogens (tertiary/aromatic N) is 4. The number of nitrogen functional groups attached to an aromatic ring is 1. The molecule has 1 heterocycles. The smallest absolute Gasteiger partial charge is 0.253 e. The first kappa shape index (κ1) is 18.5. The number of carbonyl (C=O) groups is 2. The third-order valence-electron chi connectivity index (χ3n) is 3.21. The van der Waals surface area contributed by atoms with Crippen molar-refractivity contribution in [1.29, 1.82) is 0 Å². The van der Waals surface area contributed by atoms with E-state index in [0.29, 0.717) is 23.0 Å². The van der Waals surface area contributed by atoms with Crippen LogP contribution in [0.5, 0.6) is 0 Å². The summed E-state index contributed by atoms with van der Waals surface area (Å²) in [6.45, 7) is 4.13. The number of hydrogen-bond donors (Lipinski definition) is 2. The Balaban J connectivity index is 1.92. The first-order chi connectivity index (χ1) is 11.9. The molecule has 132 valence electrons. The molecule has 0 radical (unpaired) electrons. The number of amides is 2. The summed E-state index contributed by atoms with van der Waals surface area (Å²) in [7, 11) is 3.38. The van der Waals surface area contributed by atoms with Gasteiger partial charge in [0.2, 0.25) is 11.9 Å². The van der Waals surface area contributed by atoms with Crippen LogP contribution >= 0.6 is 11.8 Å². The summed E-state index contributed by atoms with van der Waals surface area (Å²) in [5.74, 6) is 0.160. The summed E-state index contributed by atoms with van der Waals surface area (Å²) in [6, 6.07) is 6.73. The second-order valence-electron chi connectivity index (χ2n) is 5.35. The molecule has 0 saturated carbocycles. The zero-order chi connectivity index (χ0) is 18.4. The van der Waals surface area contributed by atoms with Crippen molar-refractivity contribution in [3.63, 3.8) is 0 Å². The lowest BCUT2D eigenvalue weighted by molar-refractivity contribution is -0.113. The normalized spacial score (nSPS) is 10.3. The summed E-state index contributed by atoms with van der Waals surface area (Å²) in [4.78, 5) is 25.4. The molecule has 0 aliphatic rings. The van der Waals surface area contributed by atoms with E-state index >= 15 is 0 Å². The zero-order valence-corrected chi connectivity index (χ0v) is 14.9. The largest absolute Gasteiger partial charge is 0.368 e. The highest BCUT2D eigenvalue weighted by atomic mass is 32.2. The van der Waals surface area contributed by atoms with Crippen molar-refractivity contribution >= 4 is 35.2 Å². The van der Waals surface area contributed by atoms with E-state index in [1.54, 1.807) is 49.0 Å². The van der Waals surface area contributed by atoms with Crippen molar-refractivity contribution in [3.05, 3.63) is 42.5 Å². The van der Waals surface area contributed by atoms with Crippen LogP contribution in [-0.2, 0) is 11.3 Å². The third-order valence-corrected chi connectivity index (χ3v) is 4.18. The summed E-state index contributed by atoms with van der Waals surface area (Å²) < 4.78 is 1.67. The number of hydrogen-bond acceptors (Lipinski definition) is 6.